The maximum Gasteiger partial charge on any atom is 0.341 e. The lowest BCUT2D eigenvalue weighted by Crippen LogP contribution is -2.17. The summed E-state index contributed by atoms with van der Waals surface area (Å²) in [7, 11) is 0. The highest BCUT2D eigenvalue weighted by molar-refractivity contribution is 7.18. The van der Waals surface area contributed by atoms with Gasteiger partial charge in [0.1, 0.15) is 23.1 Å². The molecule has 33 heavy (non-hydrogen) atoms. The van der Waals surface area contributed by atoms with Crippen LogP contribution < -0.4 is 15.8 Å². The molecule has 174 valence electrons. The molecule has 2 heterocycles. The van der Waals surface area contributed by atoms with Crippen molar-refractivity contribution in [2.75, 3.05) is 5.32 Å². The number of ether oxygens (including phenoxy) is 2. The zero-order chi connectivity index (χ0) is 24.3. The quantitative estimate of drug-likeness (QED) is 0.423. The number of nitrogens with two attached hydrogens (primary N) is 1. The molecule has 2 aromatic heterocycles. The molecule has 0 radical (unpaired) electrons. The molecule has 3 rings (SSSR count). The molecule has 0 aliphatic rings. The van der Waals surface area contributed by atoms with E-state index >= 15 is 0 Å². The van der Waals surface area contributed by atoms with Crippen molar-refractivity contribution in [1.29, 1.82) is 0 Å². The van der Waals surface area contributed by atoms with Gasteiger partial charge in [-0.1, -0.05) is 11.6 Å². The van der Waals surface area contributed by atoms with Gasteiger partial charge in [0.2, 0.25) is 0 Å². The molecule has 0 aliphatic heterocycles. The van der Waals surface area contributed by atoms with Gasteiger partial charge in [-0.2, -0.15) is 0 Å². The van der Waals surface area contributed by atoms with Gasteiger partial charge in [0.05, 0.1) is 16.5 Å². The van der Waals surface area contributed by atoms with E-state index in [1.165, 1.54) is 6.07 Å². The minimum Gasteiger partial charge on any atom is -0.486 e. The topological polar surface area (TPSA) is 121 Å². The van der Waals surface area contributed by atoms with Crippen LogP contribution in [-0.4, -0.2) is 23.9 Å². The summed E-state index contributed by atoms with van der Waals surface area (Å²) in [5.74, 6) is -0.914. The van der Waals surface area contributed by atoms with Crippen LogP contribution in [-0.2, 0) is 11.3 Å². The molecule has 0 unspecified atom stereocenters. The first kappa shape index (κ1) is 24.3. The van der Waals surface area contributed by atoms with Crippen LogP contribution in [0.15, 0.2) is 34.7 Å². The third-order valence-corrected chi connectivity index (χ3v) is 6.19. The van der Waals surface area contributed by atoms with Crippen molar-refractivity contribution in [3.63, 3.8) is 0 Å². The first-order chi connectivity index (χ1) is 15.6. The number of primary amides is 1. The van der Waals surface area contributed by atoms with E-state index in [1.807, 2.05) is 6.92 Å². The second-order valence-corrected chi connectivity index (χ2v) is 8.93. The van der Waals surface area contributed by atoms with Gasteiger partial charge in [0.15, 0.2) is 5.76 Å². The van der Waals surface area contributed by atoms with E-state index in [4.69, 9.17) is 31.2 Å². The molecule has 8 nitrogen and oxygen atoms in total. The summed E-state index contributed by atoms with van der Waals surface area (Å²) >= 11 is 6.92. The smallest absolute Gasteiger partial charge is 0.341 e. The molecule has 0 saturated carbocycles. The van der Waals surface area contributed by atoms with Gasteiger partial charge >= 0.3 is 5.97 Å². The maximum absolute atomic E-state index is 12.7. The van der Waals surface area contributed by atoms with Crippen molar-refractivity contribution in [2.24, 2.45) is 5.73 Å². The van der Waals surface area contributed by atoms with Crippen LogP contribution in [0.4, 0.5) is 5.00 Å². The molecular weight excluding hydrogens is 468 g/mol. The van der Waals surface area contributed by atoms with Gasteiger partial charge in [-0.15, -0.1) is 11.3 Å². The van der Waals surface area contributed by atoms with Crippen molar-refractivity contribution < 1.29 is 28.3 Å². The zero-order valence-electron chi connectivity index (χ0n) is 18.5. The number of thiophene rings is 1. The van der Waals surface area contributed by atoms with Gasteiger partial charge in [-0.25, -0.2) is 4.79 Å². The molecule has 3 N–H and O–H groups in total. The fourth-order valence-corrected chi connectivity index (χ4v) is 4.12. The van der Waals surface area contributed by atoms with Crippen molar-refractivity contribution in [3.05, 3.63) is 68.4 Å². The van der Waals surface area contributed by atoms with Gasteiger partial charge in [-0.05, 0) is 69.2 Å². The lowest BCUT2D eigenvalue weighted by Gasteiger charge is -2.10. The lowest BCUT2D eigenvalue weighted by molar-refractivity contribution is 0.0379. The minimum absolute atomic E-state index is 0.00995. The number of esters is 1. The van der Waals surface area contributed by atoms with Crippen LogP contribution in [0.25, 0.3) is 0 Å². The van der Waals surface area contributed by atoms with Gasteiger partial charge in [0.25, 0.3) is 11.8 Å². The normalized spacial score (nSPS) is 10.8. The third kappa shape index (κ3) is 5.74. The van der Waals surface area contributed by atoms with Crippen LogP contribution >= 0.6 is 22.9 Å². The number of rotatable bonds is 8. The number of carbonyl (C=O) groups is 3. The van der Waals surface area contributed by atoms with E-state index in [1.54, 1.807) is 45.0 Å². The Kier molecular flexibility index (Phi) is 7.45. The van der Waals surface area contributed by atoms with E-state index in [2.05, 4.69) is 5.32 Å². The van der Waals surface area contributed by atoms with Crippen LogP contribution in [0.3, 0.4) is 0 Å². The number of furan rings is 1. The third-order valence-electron chi connectivity index (χ3n) is 4.54. The summed E-state index contributed by atoms with van der Waals surface area (Å²) in [6.07, 6.45) is -0.380. The Bertz CT molecular complexity index is 1210. The average molecular weight is 491 g/mol. The fourth-order valence-electron chi connectivity index (χ4n) is 2.96. The molecule has 2 amide bonds. The molecule has 0 atom stereocenters. The second-order valence-electron chi connectivity index (χ2n) is 7.50. The Hall–Kier alpha value is -3.30. The summed E-state index contributed by atoms with van der Waals surface area (Å²) in [6.45, 7) is 6.94. The predicted octanol–water partition coefficient (Wildman–Crippen LogP) is 5.11. The molecule has 1 aromatic carbocycles. The highest BCUT2D eigenvalue weighted by Gasteiger charge is 2.27. The van der Waals surface area contributed by atoms with Crippen molar-refractivity contribution in [2.45, 2.75) is 40.4 Å². The number of amides is 2. The number of nitrogens with one attached hydrogen (secondary N) is 1. The monoisotopic (exact) mass is 490 g/mol. The summed E-state index contributed by atoms with van der Waals surface area (Å²) in [4.78, 5) is 37.2. The van der Waals surface area contributed by atoms with E-state index in [0.717, 1.165) is 16.9 Å². The Morgan fingerprint density at radius 3 is 2.55 bits per heavy atom. The van der Waals surface area contributed by atoms with E-state index in [-0.39, 0.29) is 33.9 Å². The largest absolute Gasteiger partial charge is 0.486 e. The van der Waals surface area contributed by atoms with Crippen molar-refractivity contribution >= 4 is 45.7 Å². The van der Waals surface area contributed by atoms with Gasteiger partial charge in [0, 0.05) is 5.02 Å². The van der Waals surface area contributed by atoms with Crippen molar-refractivity contribution in [3.8, 4) is 5.75 Å². The number of benzene rings is 1. The van der Waals surface area contributed by atoms with E-state index < -0.39 is 17.8 Å². The van der Waals surface area contributed by atoms with Crippen molar-refractivity contribution in [1.82, 2.24) is 0 Å². The van der Waals surface area contributed by atoms with Gasteiger partial charge < -0.3 is 24.9 Å². The average Bonchev–Trinajstić information content (AvgIpc) is 3.33. The number of hydrogen-bond acceptors (Lipinski definition) is 7. The number of anilines is 1. The number of halogens is 1. The highest BCUT2D eigenvalue weighted by Crippen LogP contribution is 2.34. The Labute approximate surface area is 199 Å². The summed E-state index contributed by atoms with van der Waals surface area (Å²) in [5.41, 5.74) is 6.72. The molecule has 10 heteroatoms. The molecule has 0 saturated heterocycles. The molecular formula is C23H23ClN2O6S. The fraction of sp³-hybridized carbons (Fsp3) is 0.261. The summed E-state index contributed by atoms with van der Waals surface area (Å²) < 4.78 is 16.5. The van der Waals surface area contributed by atoms with Gasteiger partial charge in [-0.3, -0.25) is 9.59 Å². The van der Waals surface area contributed by atoms with Crippen LogP contribution in [0, 0.1) is 13.8 Å². The summed E-state index contributed by atoms with van der Waals surface area (Å²) in [5, 5.41) is 3.41. The standard InChI is InChI=1S/C23H23ClN2O6S/c1-11(2)31-23(29)18-13(4)19(20(25)27)33-22(18)26-21(28)17-8-6-15(32-17)10-30-14-5-7-16(24)12(3)9-14/h5-9,11H,10H2,1-4H3,(H2,25,27)(H,26,28). The molecule has 0 fully saturated rings. The number of hydrogen-bond donors (Lipinski definition) is 2. The second kappa shape index (κ2) is 10.1. The lowest BCUT2D eigenvalue weighted by atomic mass is 10.1. The SMILES string of the molecule is Cc1cc(OCc2ccc(C(=O)Nc3sc(C(N)=O)c(C)c3C(=O)OC(C)C)o2)ccc1Cl. The van der Waals surface area contributed by atoms with Crippen LogP contribution in [0.2, 0.25) is 5.02 Å². The Balaban J connectivity index is 1.75. The van der Waals surface area contributed by atoms with Crippen LogP contribution in [0.5, 0.6) is 5.75 Å². The minimum atomic E-state index is -0.702. The summed E-state index contributed by atoms with van der Waals surface area (Å²) in [6, 6.07) is 8.37. The van der Waals surface area contributed by atoms with Crippen LogP contribution in [0.1, 0.15) is 61.3 Å². The predicted molar refractivity (Wildman–Crippen MR) is 125 cm³/mol. The zero-order valence-corrected chi connectivity index (χ0v) is 20.1. The first-order valence-electron chi connectivity index (χ1n) is 10.00. The number of carbonyl (C=O) groups excluding carboxylic acids is 3. The molecule has 3 aromatic rings. The molecule has 0 bridgehead atoms. The first-order valence-corrected chi connectivity index (χ1v) is 11.2. The molecule has 0 aliphatic carbocycles. The highest BCUT2D eigenvalue weighted by atomic mass is 35.5. The maximum atomic E-state index is 12.7. The Morgan fingerprint density at radius 1 is 1.18 bits per heavy atom. The van der Waals surface area contributed by atoms with E-state index in [9.17, 15) is 14.4 Å². The molecule has 0 spiro atoms. The van der Waals surface area contributed by atoms with E-state index in [0.29, 0.717) is 22.1 Å². The Morgan fingerprint density at radius 2 is 1.91 bits per heavy atom. The number of aryl methyl sites for hydroxylation is 1.